The van der Waals surface area contributed by atoms with Crippen LogP contribution in [0.1, 0.15) is 22.3 Å². The molecule has 0 spiro atoms. The lowest BCUT2D eigenvalue weighted by Gasteiger charge is -2.13. The summed E-state index contributed by atoms with van der Waals surface area (Å²) in [5, 5.41) is 19.2. The zero-order valence-electron chi connectivity index (χ0n) is 15.0. The van der Waals surface area contributed by atoms with Gasteiger partial charge in [0.05, 0.1) is 0 Å². The van der Waals surface area contributed by atoms with Gasteiger partial charge in [-0.25, -0.2) is 0 Å². The predicted molar refractivity (Wildman–Crippen MR) is 112 cm³/mol. The Morgan fingerprint density at radius 2 is 1.29 bits per heavy atom. The molecule has 0 unspecified atom stereocenters. The highest BCUT2D eigenvalue weighted by Crippen LogP contribution is 2.30. The summed E-state index contributed by atoms with van der Waals surface area (Å²) in [4.78, 5) is 12.5. The number of hydrogen-bond acceptors (Lipinski definition) is 3. The lowest BCUT2D eigenvalue weighted by molar-refractivity contribution is -0.109. The maximum atomic E-state index is 12.5. The smallest absolute Gasteiger partial charge is 0.186 e. The van der Waals surface area contributed by atoms with Crippen LogP contribution in [-0.2, 0) is 4.79 Å². The maximum Gasteiger partial charge on any atom is 0.186 e. The van der Waals surface area contributed by atoms with Crippen molar-refractivity contribution in [1.29, 1.82) is 0 Å². The van der Waals surface area contributed by atoms with Crippen LogP contribution in [0.2, 0.25) is 0 Å². The van der Waals surface area contributed by atoms with Gasteiger partial charge in [-0.15, -0.1) is 0 Å². The van der Waals surface area contributed by atoms with Crippen molar-refractivity contribution in [2.75, 3.05) is 0 Å². The number of carbonyl (C=O) groups is 1. The van der Waals surface area contributed by atoms with Gasteiger partial charge in [-0.1, -0.05) is 60.7 Å². The zero-order valence-corrected chi connectivity index (χ0v) is 15.0. The van der Waals surface area contributed by atoms with Gasteiger partial charge in [-0.3, -0.25) is 4.79 Å². The molecule has 0 heterocycles. The summed E-state index contributed by atoms with van der Waals surface area (Å²) in [7, 11) is 0. The molecule has 0 atom stereocenters. The van der Waals surface area contributed by atoms with Gasteiger partial charge in [0.1, 0.15) is 11.5 Å². The van der Waals surface area contributed by atoms with Crippen molar-refractivity contribution < 1.29 is 15.0 Å². The highest BCUT2D eigenvalue weighted by Gasteiger charge is 2.16. The molecule has 0 amide bonds. The number of ketones is 1. The Kier molecular flexibility index (Phi) is 4.65. The summed E-state index contributed by atoms with van der Waals surface area (Å²) in [6.45, 7) is 0. The van der Waals surface area contributed by atoms with Crippen LogP contribution in [0.5, 0.6) is 11.5 Å². The van der Waals surface area contributed by atoms with Crippen LogP contribution in [0.4, 0.5) is 0 Å². The molecule has 3 aromatic carbocycles. The van der Waals surface area contributed by atoms with Gasteiger partial charge in [-0.2, -0.15) is 0 Å². The molecule has 0 radical (unpaired) electrons. The molecule has 3 heteroatoms. The second kappa shape index (κ2) is 7.41. The molecule has 0 bridgehead atoms. The van der Waals surface area contributed by atoms with Gasteiger partial charge >= 0.3 is 0 Å². The fraction of sp³-hybridized carbons (Fsp3) is 0. The molecule has 2 N–H and O–H groups in total. The van der Waals surface area contributed by atoms with E-state index in [0.29, 0.717) is 5.57 Å². The fourth-order valence-corrected chi connectivity index (χ4v) is 3.26. The molecule has 4 rings (SSSR count). The quantitative estimate of drug-likeness (QED) is 0.626. The first-order valence-electron chi connectivity index (χ1n) is 8.94. The van der Waals surface area contributed by atoms with Crippen LogP contribution in [-0.4, -0.2) is 16.0 Å². The Balaban J connectivity index is 1.84. The lowest BCUT2D eigenvalue weighted by atomic mass is 9.90. The predicted octanol–water partition coefficient (Wildman–Crippen LogP) is 5.21. The molecule has 0 saturated carbocycles. The number of carbonyl (C=O) groups excluding carboxylic acids is 1. The third-order valence-electron chi connectivity index (χ3n) is 4.70. The third kappa shape index (κ3) is 3.51. The van der Waals surface area contributed by atoms with Crippen molar-refractivity contribution >= 4 is 23.0 Å². The first-order valence-corrected chi connectivity index (χ1v) is 8.94. The molecule has 136 valence electrons. The van der Waals surface area contributed by atoms with Crippen LogP contribution in [0, 0.1) is 0 Å². The summed E-state index contributed by atoms with van der Waals surface area (Å²) in [5.41, 5.74) is 5.22. The normalized spacial score (nSPS) is 14.0. The Labute approximate surface area is 163 Å². The van der Waals surface area contributed by atoms with Crippen molar-refractivity contribution in [1.82, 2.24) is 0 Å². The first-order chi connectivity index (χ1) is 13.6. The number of phenolic OH excluding ortho intramolecular Hbond substituents is 2. The largest absolute Gasteiger partial charge is 0.508 e. The lowest BCUT2D eigenvalue weighted by Crippen LogP contribution is -2.04. The first kappa shape index (κ1) is 17.6. The SMILES string of the molecule is O=C1C=Cc2ccccc2/C1=C\C=C(c1ccc(O)cc1)c1ccc(O)cc1. The van der Waals surface area contributed by atoms with Crippen molar-refractivity contribution in [3.8, 4) is 11.5 Å². The van der Waals surface area contributed by atoms with E-state index in [-0.39, 0.29) is 17.3 Å². The van der Waals surface area contributed by atoms with Gasteiger partial charge in [0, 0.05) is 5.57 Å². The number of hydrogen-bond donors (Lipinski definition) is 2. The summed E-state index contributed by atoms with van der Waals surface area (Å²) >= 11 is 0. The second-order valence-corrected chi connectivity index (χ2v) is 6.54. The van der Waals surface area contributed by atoms with Gasteiger partial charge in [-0.05, 0) is 64.2 Å². The van der Waals surface area contributed by atoms with E-state index in [1.807, 2.05) is 66.8 Å². The molecule has 1 aliphatic carbocycles. The Bertz CT molecular complexity index is 1070. The minimum Gasteiger partial charge on any atom is -0.508 e. The number of rotatable bonds is 3. The highest BCUT2D eigenvalue weighted by atomic mass is 16.3. The molecule has 28 heavy (non-hydrogen) atoms. The van der Waals surface area contributed by atoms with Gasteiger partial charge in [0.25, 0.3) is 0 Å². The van der Waals surface area contributed by atoms with Crippen LogP contribution in [0.15, 0.2) is 91.0 Å². The number of fused-ring (bicyclic) bond motifs is 1. The van der Waals surface area contributed by atoms with E-state index in [2.05, 4.69) is 0 Å². The van der Waals surface area contributed by atoms with Crippen LogP contribution in [0.3, 0.4) is 0 Å². The van der Waals surface area contributed by atoms with Crippen molar-refractivity contribution in [2.24, 2.45) is 0 Å². The average Bonchev–Trinajstić information content (AvgIpc) is 2.72. The van der Waals surface area contributed by atoms with Crippen molar-refractivity contribution in [3.63, 3.8) is 0 Å². The van der Waals surface area contributed by atoms with E-state index >= 15 is 0 Å². The molecule has 3 nitrogen and oxygen atoms in total. The van der Waals surface area contributed by atoms with Crippen LogP contribution in [0.25, 0.3) is 17.2 Å². The van der Waals surface area contributed by atoms with E-state index in [0.717, 1.165) is 27.8 Å². The number of phenols is 2. The topological polar surface area (TPSA) is 57.5 Å². The molecule has 0 fully saturated rings. The molecule has 0 aliphatic heterocycles. The van der Waals surface area contributed by atoms with Gasteiger partial charge < -0.3 is 10.2 Å². The second-order valence-electron chi connectivity index (χ2n) is 6.54. The Morgan fingerprint density at radius 1 is 0.714 bits per heavy atom. The Morgan fingerprint density at radius 3 is 1.89 bits per heavy atom. The van der Waals surface area contributed by atoms with Crippen LogP contribution >= 0.6 is 0 Å². The van der Waals surface area contributed by atoms with E-state index in [4.69, 9.17) is 0 Å². The summed E-state index contributed by atoms with van der Waals surface area (Å²) in [5.74, 6) is 0.341. The minimum atomic E-state index is -0.0364. The number of allylic oxidation sites excluding steroid dienone is 4. The zero-order chi connectivity index (χ0) is 19.5. The average molecular weight is 366 g/mol. The standard InChI is InChI=1S/C25H18O3/c26-20-10-5-18(6-11-20)22(19-7-12-21(27)13-8-19)14-15-24-23-4-2-1-3-17(23)9-16-25(24)28/h1-16,26-27H/b24-15+. The molecular formula is C25H18O3. The monoisotopic (exact) mass is 366 g/mol. The third-order valence-corrected chi connectivity index (χ3v) is 4.70. The molecule has 0 aromatic heterocycles. The number of aromatic hydroxyl groups is 2. The summed E-state index contributed by atoms with van der Waals surface area (Å²) < 4.78 is 0. The van der Waals surface area contributed by atoms with Crippen LogP contribution < -0.4 is 0 Å². The highest BCUT2D eigenvalue weighted by molar-refractivity contribution is 6.30. The molecule has 3 aromatic rings. The molecule has 0 saturated heterocycles. The van der Waals surface area contributed by atoms with Crippen molar-refractivity contribution in [3.05, 3.63) is 113 Å². The Hall–Kier alpha value is -3.85. The molecular weight excluding hydrogens is 348 g/mol. The minimum absolute atomic E-state index is 0.0364. The fourth-order valence-electron chi connectivity index (χ4n) is 3.26. The summed E-state index contributed by atoms with van der Waals surface area (Å²) in [6.07, 6.45) is 7.16. The van der Waals surface area contributed by atoms with E-state index in [1.165, 1.54) is 0 Å². The van der Waals surface area contributed by atoms with E-state index < -0.39 is 0 Å². The molecule has 1 aliphatic rings. The van der Waals surface area contributed by atoms with Crippen molar-refractivity contribution in [2.45, 2.75) is 0 Å². The van der Waals surface area contributed by atoms with Gasteiger partial charge in [0.2, 0.25) is 0 Å². The van der Waals surface area contributed by atoms with E-state index in [9.17, 15) is 15.0 Å². The van der Waals surface area contributed by atoms with Gasteiger partial charge in [0.15, 0.2) is 5.78 Å². The summed E-state index contributed by atoms with van der Waals surface area (Å²) in [6, 6.07) is 21.6. The van der Waals surface area contributed by atoms with E-state index in [1.54, 1.807) is 30.3 Å². The number of benzene rings is 3. The maximum absolute atomic E-state index is 12.5.